The van der Waals surface area contributed by atoms with Gasteiger partial charge in [0.15, 0.2) is 13.2 Å². The Morgan fingerprint density at radius 1 is 1.10 bits per heavy atom. The fraction of sp³-hybridized carbons (Fsp3) is 0.857. The molecule has 0 aromatic carbocycles. The van der Waals surface area contributed by atoms with E-state index in [1.54, 1.807) is 0 Å². The lowest BCUT2D eigenvalue weighted by Crippen LogP contribution is -2.61. The molecule has 0 aliphatic heterocycles. The van der Waals surface area contributed by atoms with E-state index in [0.717, 1.165) is 19.3 Å². The second-order valence-corrected chi connectivity index (χ2v) is 14.6. The van der Waals surface area contributed by atoms with Crippen LogP contribution in [-0.2, 0) is 38.8 Å². The number of ether oxygens (including phenoxy) is 2. The van der Waals surface area contributed by atoms with Crippen molar-refractivity contribution < 1.29 is 55.5 Å². The van der Waals surface area contributed by atoms with Crippen LogP contribution in [0.5, 0.6) is 0 Å². The average molecular weight is 607 g/mol. The summed E-state index contributed by atoms with van der Waals surface area (Å²) in [7, 11) is -5.76. The third kappa shape index (κ3) is 5.82. The number of carbonyl (C=O) groups is 4. The van der Waals surface area contributed by atoms with Gasteiger partial charge in [0.2, 0.25) is 0 Å². The summed E-state index contributed by atoms with van der Waals surface area (Å²) in [6, 6.07) is 0. The molecule has 10 nitrogen and oxygen atoms in total. The number of halogens is 2. The molecule has 4 aliphatic carbocycles. The van der Waals surface area contributed by atoms with Crippen LogP contribution in [0, 0.1) is 46.3 Å². The molecule has 0 saturated heterocycles. The van der Waals surface area contributed by atoms with Crippen LogP contribution in [0.25, 0.3) is 0 Å². The van der Waals surface area contributed by atoms with Crippen molar-refractivity contribution in [1.82, 2.24) is 0 Å². The SMILES string of the molecule is C[C@H](CCC(=O)OCC(=O)OCC(F)(F)S(=O)(=O)O)[C@H]1CC[C@H]2[C@@H]3C(O)C[C@@H]4CC(=O)CC[C@]4(C)[C@H]3CC(=O)[C@]12C. The summed E-state index contributed by atoms with van der Waals surface area (Å²) in [6.07, 6.45) is 3.95. The molecule has 0 aromatic heterocycles. The molecule has 2 N–H and O–H groups in total. The highest BCUT2D eigenvalue weighted by Gasteiger charge is 2.66. The first-order valence-corrected chi connectivity index (χ1v) is 15.7. The fourth-order valence-electron chi connectivity index (χ4n) is 8.71. The van der Waals surface area contributed by atoms with Gasteiger partial charge in [-0.2, -0.15) is 17.2 Å². The summed E-state index contributed by atoms with van der Waals surface area (Å²) in [5.74, 6) is -1.73. The Morgan fingerprint density at radius 2 is 1.78 bits per heavy atom. The van der Waals surface area contributed by atoms with E-state index in [-0.39, 0.29) is 58.9 Å². The van der Waals surface area contributed by atoms with Crippen molar-refractivity contribution in [2.45, 2.75) is 89.9 Å². The first kappa shape index (κ1) is 31.9. The number of hydrogen-bond donors (Lipinski definition) is 2. The highest BCUT2D eigenvalue weighted by Crippen LogP contribution is 2.67. The summed E-state index contributed by atoms with van der Waals surface area (Å²) < 4.78 is 64.8. The lowest BCUT2D eigenvalue weighted by atomic mass is 9.43. The zero-order valence-corrected chi connectivity index (χ0v) is 24.5. The van der Waals surface area contributed by atoms with Crippen molar-refractivity contribution >= 4 is 33.6 Å². The van der Waals surface area contributed by atoms with Gasteiger partial charge in [0.05, 0.1) is 6.10 Å². The molecule has 0 aromatic rings. The minimum absolute atomic E-state index is 0.00851. The number of hydrogen-bond acceptors (Lipinski definition) is 9. The Morgan fingerprint density at radius 3 is 2.44 bits per heavy atom. The molecule has 13 heteroatoms. The maximum atomic E-state index is 13.9. The van der Waals surface area contributed by atoms with E-state index >= 15 is 0 Å². The summed E-state index contributed by atoms with van der Waals surface area (Å²) in [5.41, 5.74) is -0.799. The van der Waals surface area contributed by atoms with Gasteiger partial charge in [-0.05, 0) is 73.0 Å². The van der Waals surface area contributed by atoms with Gasteiger partial charge >= 0.3 is 27.3 Å². The number of aliphatic hydroxyl groups is 1. The minimum atomic E-state index is -5.76. The summed E-state index contributed by atoms with van der Waals surface area (Å²) in [6.45, 7) is 3.23. The third-order valence-electron chi connectivity index (χ3n) is 11.1. The predicted octanol–water partition coefficient (Wildman–Crippen LogP) is 3.35. The first-order chi connectivity index (χ1) is 18.9. The Labute approximate surface area is 238 Å². The molecule has 1 unspecified atom stereocenters. The molecule has 4 aliphatic rings. The maximum absolute atomic E-state index is 13.9. The minimum Gasteiger partial charge on any atom is -0.455 e. The molecule has 4 saturated carbocycles. The van der Waals surface area contributed by atoms with Crippen molar-refractivity contribution in [2.75, 3.05) is 13.2 Å². The van der Waals surface area contributed by atoms with Crippen molar-refractivity contribution in [2.24, 2.45) is 46.3 Å². The number of ketones is 2. The molecule has 0 bridgehead atoms. The summed E-state index contributed by atoms with van der Waals surface area (Å²) >= 11 is 0. The molecule has 0 heterocycles. The number of Topliss-reactive ketones (excluding diaryl/α,β-unsaturated/α-hetero) is 2. The van der Waals surface area contributed by atoms with Gasteiger partial charge in [-0.15, -0.1) is 0 Å². The third-order valence-corrected chi connectivity index (χ3v) is 11.9. The number of aliphatic hydroxyl groups excluding tert-OH is 1. The van der Waals surface area contributed by atoms with Crippen LogP contribution in [0.15, 0.2) is 0 Å². The Balaban J connectivity index is 1.33. The molecule has 4 fully saturated rings. The molecule has 9 atom stereocenters. The molecular weight excluding hydrogens is 566 g/mol. The zero-order chi connectivity index (χ0) is 30.5. The van der Waals surface area contributed by atoms with Gasteiger partial charge in [0, 0.05) is 31.1 Å². The lowest BCUT2D eigenvalue weighted by molar-refractivity contribution is -0.177. The highest BCUT2D eigenvalue weighted by molar-refractivity contribution is 7.86. The number of fused-ring (bicyclic) bond motifs is 5. The van der Waals surface area contributed by atoms with E-state index < -0.39 is 52.0 Å². The second-order valence-electron chi connectivity index (χ2n) is 13.1. The smallest absolute Gasteiger partial charge is 0.402 e. The number of esters is 2. The van der Waals surface area contributed by atoms with Gasteiger partial charge in [-0.1, -0.05) is 20.8 Å². The van der Waals surface area contributed by atoms with Gasteiger partial charge in [-0.3, -0.25) is 18.9 Å². The van der Waals surface area contributed by atoms with Crippen molar-refractivity contribution in [1.29, 1.82) is 0 Å². The highest BCUT2D eigenvalue weighted by atomic mass is 32.2. The average Bonchev–Trinajstić information content (AvgIpc) is 3.24. The maximum Gasteiger partial charge on any atom is 0.402 e. The fourth-order valence-corrected chi connectivity index (χ4v) is 8.92. The molecule has 41 heavy (non-hydrogen) atoms. The Bertz CT molecular complexity index is 1190. The predicted molar refractivity (Wildman–Crippen MR) is 139 cm³/mol. The van der Waals surface area contributed by atoms with Gasteiger partial charge < -0.3 is 14.6 Å². The standard InChI is InChI=1S/C28H40F2O10S/c1-15(4-7-23(34)39-13-24(35)40-14-28(29,30)41(36,37)38)18-5-6-19-25-20(12-22(33)27(18,19)3)26(2)9-8-17(31)10-16(26)11-21(25)32/h15-16,18-21,25,32H,4-14H2,1-3H3,(H,36,37,38)/t15-,16+,18-,19+,20+,21?,25+,26+,27-/m1/s1. The van der Waals surface area contributed by atoms with Gasteiger partial charge in [0.1, 0.15) is 11.6 Å². The molecule has 0 spiro atoms. The largest absolute Gasteiger partial charge is 0.455 e. The van der Waals surface area contributed by atoms with Crippen molar-refractivity contribution in [3.05, 3.63) is 0 Å². The van der Waals surface area contributed by atoms with Crippen LogP contribution in [0.1, 0.15) is 78.6 Å². The van der Waals surface area contributed by atoms with Crippen LogP contribution < -0.4 is 0 Å². The van der Waals surface area contributed by atoms with E-state index in [0.29, 0.717) is 32.1 Å². The van der Waals surface area contributed by atoms with Crippen LogP contribution in [0.4, 0.5) is 8.78 Å². The number of rotatable bonds is 9. The second kappa shape index (κ2) is 11.3. The Kier molecular flexibility index (Phi) is 8.77. The van der Waals surface area contributed by atoms with E-state index in [1.165, 1.54) is 0 Å². The molecule has 0 radical (unpaired) electrons. The van der Waals surface area contributed by atoms with E-state index in [4.69, 9.17) is 9.29 Å². The van der Waals surface area contributed by atoms with Gasteiger partial charge in [-0.25, -0.2) is 4.79 Å². The van der Waals surface area contributed by atoms with Crippen LogP contribution in [-0.4, -0.2) is 66.2 Å². The number of carbonyl (C=O) groups excluding carboxylic acids is 4. The van der Waals surface area contributed by atoms with Crippen LogP contribution in [0.3, 0.4) is 0 Å². The van der Waals surface area contributed by atoms with E-state index in [2.05, 4.69) is 11.7 Å². The van der Waals surface area contributed by atoms with Gasteiger partial charge in [0.25, 0.3) is 0 Å². The van der Waals surface area contributed by atoms with Crippen LogP contribution >= 0.6 is 0 Å². The van der Waals surface area contributed by atoms with E-state index in [9.17, 15) is 41.5 Å². The summed E-state index contributed by atoms with van der Waals surface area (Å²) in [5, 5.41) is 6.63. The molecule has 4 rings (SSSR count). The zero-order valence-electron chi connectivity index (χ0n) is 23.6. The Hall–Kier alpha value is -1.99. The molecule has 0 amide bonds. The molecule has 232 valence electrons. The number of alkyl halides is 2. The van der Waals surface area contributed by atoms with Crippen molar-refractivity contribution in [3.8, 4) is 0 Å². The normalized spacial score (nSPS) is 37.9. The summed E-state index contributed by atoms with van der Waals surface area (Å²) in [4.78, 5) is 49.9. The quantitative estimate of drug-likeness (QED) is 0.294. The topological polar surface area (TPSA) is 161 Å². The molecular formula is C28H40F2O10S. The van der Waals surface area contributed by atoms with E-state index in [1.807, 2.05) is 13.8 Å². The first-order valence-electron chi connectivity index (χ1n) is 14.3. The van der Waals surface area contributed by atoms with Crippen LogP contribution in [0.2, 0.25) is 0 Å². The lowest BCUT2D eigenvalue weighted by Gasteiger charge is -2.61. The van der Waals surface area contributed by atoms with Crippen molar-refractivity contribution in [3.63, 3.8) is 0 Å². The monoisotopic (exact) mass is 606 g/mol.